The Labute approximate surface area is 196 Å². The van der Waals surface area contributed by atoms with Gasteiger partial charge in [-0.05, 0) is 54.0 Å². The highest BCUT2D eigenvalue weighted by molar-refractivity contribution is 7.17. The molecule has 1 aliphatic heterocycles. The number of nitrogens with one attached hydrogen (secondary N) is 1. The molecule has 0 radical (unpaired) electrons. The van der Waals surface area contributed by atoms with Crippen LogP contribution < -0.4 is 5.32 Å². The molecule has 2 N–H and O–H groups in total. The lowest BCUT2D eigenvalue weighted by Gasteiger charge is -2.28. The van der Waals surface area contributed by atoms with Crippen LogP contribution in [0.2, 0.25) is 0 Å². The molecule has 1 aromatic carbocycles. The number of benzene rings is 1. The van der Waals surface area contributed by atoms with Gasteiger partial charge in [-0.2, -0.15) is 5.10 Å². The van der Waals surface area contributed by atoms with Crippen molar-refractivity contribution in [2.24, 2.45) is 7.05 Å². The first-order valence-electron chi connectivity index (χ1n) is 11.0. The van der Waals surface area contributed by atoms with Crippen LogP contribution in [0, 0.1) is 6.92 Å². The van der Waals surface area contributed by atoms with Gasteiger partial charge in [0.1, 0.15) is 5.69 Å². The zero-order valence-electron chi connectivity index (χ0n) is 18.6. The molecule has 0 aliphatic carbocycles. The van der Waals surface area contributed by atoms with Gasteiger partial charge in [-0.15, -0.1) is 11.3 Å². The highest BCUT2D eigenvalue weighted by Gasteiger charge is 2.26. The molecule has 170 valence electrons. The third kappa shape index (κ3) is 4.55. The Kier molecular flexibility index (Phi) is 5.97. The molecule has 33 heavy (non-hydrogen) atoms. The van der Waals surface area contributed by atoms with E-state index in [0.717, 1.165) is 38.2 Å². The van der Waals surface area contributed by atoms with Gasteiger partial charge in [-0.3, -0.25) is 9.48 Å². The van der Waals surface area contributed by atoms with Gasteiger partial charge in [0.25, 0.3) is 5.91 Å². The largest absolute Gasteiger partial charge is 0.389 e. The maximum Gasteiger partial charge on any atom is 0.270 e. The number of rotatable bonds is 5. The number of carbonyl (C=O) groups is 1. The summed E-state index contributed by atoms with van der Waals surface area (Å²) in [7, 11) is 1.91. The normalized spacial score (nSPS) is 18.5. The second kappa shape index (κ2) is 9.05. The van der Waals surface area contributed by atoms with E-state index in [2.05, 4.69) is 45.0 Å². The van der Waals surface area contributed by atoms with Crippen LogP contribution in [0.4, 0.5) is 0 Å². The topological polar surface area (TPSA) is 89.3 Å². The SMILES string of the molecule is Cc1csc2c(Cc3ccc(-c4ccn(C)n4)cc3)cc(C(=O)N[C@H]3CCOC[C@@H]3O)nc12. The molecule has 1 amide bonds. The first-order chi connectivity index (χ1) is 16.0. The lowest BCUT2D eigenvalue weighted by molar-refractivity contribution is -0.0261. The Balaban J connectivity index is 1.42. The van der Waals surface area contributed by atoms with Crippen LogP contribution in [-0.4, -0.2) is 51.1 Å². The number of hydrogen-bond donors (Lipinski definition) is 2. The number of aliphatic hydroxyl groups excluding tert-OH is 1. The fraction of sp³-hybridized carbons (Fsp3) is 0.320. The van der Waals surface area contributed by atoms with Crippen molar-refractivity contribution in [2.75, 3.05) is 13.2 Å². The smallest absolute Gasteiger partial charge is 0.270 e. The number of fused-ring (bicyclic) bond motifs is 1. The molecule has 4 heterocycles. The van der Waals surface area contributed by atoms with Crippen LogP contribution in [0.5, 0.6) is 0 Å². The van der Waals surface area contributed by atoms with Gasteiger partial charge in [0.2, 0.25) is 0 Å². The number of nitrogens with zero attached hydrogens (tertiary/aromatic N) is 3. The Morgan fingerprint density at radius 3 is 2.85 bits per heavy atom. The van der Waals surface area contributed by atoms with E-state index in [4.69, 9.17) is 4.74 Å². The summed E-state index contributed by atoms with van der Waals surface area (Å²) in [5, 5.41) is 19.6. The number of thiophene rings is 1. The molecule has 4 aromatic rings. The van der Waals surface area contributed by atoms with Crippen molar-refractivity contribution in [2.45, 2.75) is 31.9 Å². The number of pyridine rings is 1. The predicted octanol–water partition coefficient (Wildman–Crippen LogP) is 3.48. The fourth-order valence-corrected chi connectivity index (χ4v) is 5.16. The molecule has 8 heteroatoms. The van der Waals surface area contributed by atoms with E-state index in [-0.39, 0.29) is 18.6 Å². The quantitative estimate of drug-likeness (QED) is 0.474. The van der Waals surface area contributed by atoms with Crippen molar-refractivity contribution >= 4 is 27.5 Å². The van der Waals surface area contributed by atoms with Crippen molar-refractivity contribution in [3.8, 4) is 11.3 Å². The summed E-state index contributed by atoms with van der Waals surface area (Å²) in [6.45, 7) is 2.78. The van der Waals surface area contributed by atoms with E-state index in [0.29, 0.717) is 25.1 Å². The van der Waals surface area contributed by atoms with Crippen molar-refractivity contribution in [1.29, 1.82) is 0 Å². The van der Waals surface area contributed by atoms with E-state index >= 15 is 0 Å². The standard InChI is InChI=1S/C25H26N4O3S/c1-15-14-33-24-18(11-16-3-5-17(6-4-16)19-7-9-29(2)28-19)12-21(26-23(15)24)25(31)27-20-8-10-32-13-22(20)30/h3-7,9,12,14,20,22,30H,8,10-11,13H2,1-2H3,(H,27,31)/t20-,22-/m0/s1. The summed E-state index contributed by atoms with van der Waals surface area (Å²) >= 11 is 1.66. The van der Waals surface area contributed by atoms with Gasteiger partial charge < -0.3 is 15.2 Å². The summed E-state index contributed by atoms with van der Waals surface area (Å²) in [6.07, 6.45) is 2.51. The predicted molar refractivity (Wildman–Crippen MR) is 129 cm³/mol. The third-order valence-electron chi connectivity index (χ3n) is 6.01. The molecule has 2 atom stereocenters. The number of aryl methyl sites for hydroxylation is 2. The second-order valence-corrected chi connectivity index (χ2v) is 9.40. The summed E-state index contributed by atoms with van der Waals surface area (Å²) in [5.74, 6) is -0.264. The van der Waals surface area contributed by atoms with Gasteiger partial charge in [-0.1, -0.05) is 24.3 Å². The molecule has 1 aliphatic rings. The summed E-state index contributed by atoms with van der Waals surface area (Å²) in [5.41, 5.74) is 6.53. The number of amides is 1. The summed E-state index contributed by atoms with van der Waals surface area (Å²) in [6, 6.07) is 11.9. The van der Waals surface area contributed by atoms with Gasteiger partial charge in [0.05, 0.1) is 34.7 Å². The van der Waals surface area contributed by atoms with Crippen LogP contribution in [0.25, 0.3) is 21.5 Å². The number of aromatic nitrogens is 3. The average molecular weight is 463 g/mol. The van der Waals surface area contributed by atoms with Crippen molar-refractivity contribution in [3.05, 3.63) is 70.4 Å². The highest BCUT2D eigenvalue weighted by Crippen LogP contribution is 2.30. The van der Waals surface area contributed by atoms with Crippen LogP contribution in [0.3, 0.4) is 0 Å². The molecule has 0 saturated carbocycles. The third-order valence-corrected chi connectivity index (χ3v) is 7.17. The first kappa shape index (κ1) is 21.8. The van der Waals surface area contributed by atoms with Crippen LogP contribution in [-0.2, 0) is 18.2 Å². The number of aliphatic hydroxyl groups is 1. The summed E-state index contributed by atoms with van der Waals surface area (Å²) in [4.78, 5) is 17.7. The highest BCUT2D eigenvalue weighted by atomic mass is 32.1. The first-order valence-corrected chi connectivity index (χ1v) is 11.9. The van der Waals surface area contributed by atoms with E-state index in [9.17, 15) is 9.90 Å². The maximum absolute atomic E-state index is 13.0. The van der Waals surface area contributed by atoms with Crippen LogP contribution in [0.15, 0.2) is 48.0 Å². The van der Waals surface area contributed by atoms with E-state index in [1.165, 1.54) is 0 Å². The van der Waals surface area contributed by atoms with Crippen molar-refractivity contribution in [1.82, 2.24) is 20.1 Å². The Morgan fingerprint density at radius 1 is 1.30 bits per heavy atom. The maximum atomic E-state index is 13.0. The average Bonchev–Trinajstić information content (AvgIpc) is 3.42. The van der Waals surface area contributed by atoms with Gasteiger partial charge in [-0.25, -0.2) is 4.98 Å². The Morgan fingerprint density at radius 2 is 2.12 bits per heavy atom. The van der Waals surface area contributed by atoms with Crippen LogP contribution >= 0.6 is 11.3 Å². The molecule has 7 nitrogen and oxygen atoms in total. The molecular formula is C25H26N4O3S. The number of ether oxygens (including phenoxy) is 1. The van der Waals surface area contributed by atoms with E-state index in [1.807, 2.05) is 32.3 Å². The molecule has 3 aromatic heterocycles. The molecule has 1 fully saturated rings. The molecular weight excluding hydrogens is 436 g/mol. The minimum absolute atomic E-state index is 0.237. The molecule has 5 rings (SSSR count). The Hall–Kier alpha value is -3.07. The van der Waals surface area contributed by atoms with Crippen LogP contribution in [0.1, 0.15) is 33.6 Å². The number of carbonyl (C=O) groups excluding carboxylic acids is 1. The zero-order chi connectivity index (χ0) is 22.9. The summed E-state index contributed by atoms with van der Waals surface area (Å²) < 4.78 is 8.16. The lowest BCUT2D eigenvalue weighted by Crippen LogP contribution is -2.48. The molecule has 1 saturated heterocycles. The zero-order valence-corrected chi connectivity index (χ0v) is 19.4. The minimum atomic E-state index is -0.702. The molecule has 0 bridgehead atoms. The molecule has 0 unspecified atom stereocenters. The van der Waals surface area contributed by atoms with Gasteiger partial charge in [0.15, 0.2) is 0 Å². The van der Waals surface area contributed by atoms with Crippen molar-refractivity contribution in [3.63, 3.8) is 0 Å². The fourth-order valence-electron chi connectivity index (χ4n) is 4.15. The monoisotopic (exact) mass is 462 g/mol. The van der Waals surface area contributed by atoms with Gasteiger partial charge in [0, 0.05) is 25.4 Å². The Bertz CT molecular complexity index is 1290. The lowest BCUT2D eigenvalue weighted by atomic mass is 10.0. The number of hydrogen-bond acceptors (Lipinski definition) is 6. The van der Waals surface area contributed by atoms with E-state index < -0.39 is 6.10 Å². The van der Waals surface area contributed by atoms with Gasteiger partial charge >= 0.3 is 0 Å². The van der Waals surface area contributed by atoms with Crippen molar-refractivity contribution < 1.29 is 14.6 Å². The molecule has 0 spiro atoms. The second-order valence-electron chi connectivity index (χ2n) is 8.52. The minimum Gasteiger partial charge on any atom is -0.389 e. The van der Waals surface area contributed by atoms with E-state index in [1.54, 1.807) is 16.0 Å².